The van der Waals surface area contributed by atoms with Crippen molar-refractivity contribution in [3.63, 3.8) is 0 Å². The molecule has 2 nitrogen and oxygen atoms in total. The number of rotatable bonds is 2. The van der Waals surface area contributed by atoms with Crippen LogP contribution in [0.1, 0.15) is 43.9 Å². The molecule has 0 saturated carbocycles. The van der Waals surface area contributed by atoms with Gasteiger partial charge in [0.2, 0.25) is 0 Å². The molecule has 2 heteroatoms. The highest BCUT2D eigenvalue weighted by Gasteiger charge is 2.26. The van der Waals surface area contributed by atoms with Crippen molar-refractivity contribution in [1.29, 1.82) is 0 Å². The van der Waals surface area contributed by atoms with Gasteiger partial charge >= 0.3 is 0 Å². The predicted octanol–water partition coefficient (Wildman–Crippen LogP) is 3.11. The number of nitrogens with zero attached hydrogens (tertiary/aromatic N) is 1. The number of aromatic hydroxyl groups is 1. The van der Waals surface area contributed by atoms with Gasteiger partial charge in [-0.3, -0.25) is 4.90 Å². The van der Waals surface area contributed by atoms with E-state index in [1.807, 2.05) is 6.07 Å². The summed E-state index contributed by atoms with van der Waals surface area (Å²) in [4.78, 5) is 2.40. The van der Waals surface area contributed by atoms with Crippen LogP contribution in [0.4, 0.5) is 0 Å². The fourth-order valence-corrected chi connectivity index (χ4v) is 2.59. The normalized spacial score (nSPS) is 20.2. The van der Waals surface area contributed by atoms with E-state index in [-0.39, 0.29) is 0 Å². The maximum Gasteiger partial charge on any atom is 0.119 e. The lowest BCUT2D eigenvalue weighted by atomic mass is 9.86. The zero-order chi connectivity index (χ0) is 11.7. The number of phenolic OH excluding ortho intramolecular Hbond substituents is 1. The molecule has 2 rings (SSSR count). The number of phenols is 1. The highest BCUT2D eigenvalue weighted by atomic mass is 16.3. The van der Waals surface area contributed by atoms with Gasteiger partial charge in [-0.15, -0.1) is 0 Å². The second kappa shape index (κ2) is 4.46. The first-order valence-corrected chi connectivity index (χ1v) is 6.14. The molecule has 1 aliphatic rings. The number of fused-ring (bicyclic) bond motifs is 1. The molecule has 1 aliphatic carbocycles. The lowest BCUT2D eigenvalue weighted by molar-refractivity contribution is 0.177. The summed E-state index contributed by atoms with van der Waals surface area (Å²) in [6.45, 7) is 4.44. The molecule has 1 N–H and O–H groups in total. The van der Waals surface area contributed by atoms with Crippen LogP contribution in [-0.4, -0.2) is 23.1 Å². The molecule has 0 saturated heterocycles. The highest BCUT2D eigenvalue weighted by molar-refractivity contribution is 5.42. The Bertz CT molecular complexity index is 373. The Kier molecular flexibility index (Phi) is 3.20. The fraction of sp³-hybridized carbons (Fsp3) is 0.571. The first-order valence-electron chi connectivity index (χ1n) is 6.14. The Balaban J connectivity index is 2.37. The molecule has 0 aliphatic heterocycles. The topological polar surface area (TPSA) is 23.5 Å². The summed E-state index contributed by atoms with van der Waals surface area (Å²) in [5.41, 5.74) is 2.48. The Morgan fingerprint density at radius 2 is 2.12 bits per heavy atom. The van der Waals surface area contributed by atoms with Gasteiger partial charge in [0.15, 0.2) is 0 Å². The molecule has 0 amide bonds. The van der Waals surface area contributed by atoms with Gasteiger partial charge in [0.1, 0.15) is 5.75 Å². The first kappa shape index (κ1) is 11.5. The number of benzene rings is 1. The summed E-state index contributed by atoms with van der Waals surface area (Å²) < 4.78 is 0. The average molecular weight is 219 g/mol. The molecule has 0 fully saturated rings. The van der Waals surface area contributed by atoms with Crippen molar-refractivity contribution in [1.82, 2.24) is 4.90 Å². The molecular weight excluding hydrogens is 198 g/mol. The Labute approximate surface area is 97.9 Å². The number of hydrogen-bond acceptors (Lipinski definition) is 2. The Morgan fingerprint density at radius 3 is 2.81 bits per heavy atom. The summed E-state index contributed by atoms with van der Waals surface area (Å²) in [6.07, 6.45) is 3.39. The summed E-state index contributed by atoms with van der Waals surface area (Å²) in [5.74, 6) is 0.472. The zero-order valence-corrected chi connectivity index (χ0v) is 10.4. The van der Waals surface area contributed by atoms with Crippen LogP contribution in [0.15, 0.2) is 18.2 Å². The van der Waals surface area contributed by atoms with Crippen molar-refractivity contribution in [2.45, 2.75) is 45.2 Å². The van der Waals surface area contributed by atoms with Crippen molar-refractivity contribution in [2.24, 2.45) is 0 Å². The third-order valence-corrected chi connectivity index (χ3v) is 3.76. The molecule has 88 valence electrons. The van der Waals surface area contributed by atoms with Gasteiger partial charge in [-0.05, 0) is 57.4 Å². The SMILES string of the molecule is CC(C)N(C)C1CCCc2c(O)cccc21. The molecule has 16 heavy (non-hydrogen) atoms. The van der Waals surface area contributed by atoms with Gasteiger partial charge in [0.25, 0.3) is 0 Å². The van der Waals surface area contributed by atoms with Crippen molar-refractivity contribution >= 4 is 0 Å². The lowest BCUT2D eigenvalue weighted by Gasteiger charge is -2.36. The molecule has 0 heterocycles. The average Bonchev–Trinajstić information content (AvgIpc) is 2.28. The maximum absolute atomic E-state index is 9.88. The molecule has 1 aromatic rings. The van der Waals surface area contributed by atoms with Gasteiger partial charge in [0.05, 0.1) is 0 Å². The molecule has 1 atom stereocenters. The Hall–Kier alpha value is -1.02. The first-order chi connectivity index (χ1) is 7.61. The molecule has 0 radical (unpaired) electrons. The fourth-order valence-electron chi connectivity index (χ4n) is 2.59. The van der Waals surface area contributed by atoms with Crippen LogP contribution in [0.2, 0.25) is 0 Å². The van der Waals surface area contributed by atoms with Gasteiger partial charge in [0, 0.05) is 12.1 Å². The lowest BCUT2D eigenvalue weighted by Crippen LogP contribution is -2.33. The van der Waals surface area contributed by atoms with Crippen LogP contribution in [0.25, 0.3) is 0 Å². The molecule has 1 unspecified atom stereocenters. The van der Waals surface area contributed by atoms with Crippen molar-refractivity contribution < 1.29 is 5.11 Å². The second-order valence-corrected chi connectivity index (χ2v) is 5.01. The van der Waals surface area contributed by atoms with E-state index in [0.29, 0.717) is 17.8 Å². The van der Waals surface area contributed by atoms with E-state index in [1.165, 1.54) is 18.4 Å². The zero-order valence-electron chi connectivity index (χ0n) is 10.4. The van der Waals surface area contributed by atoms with Crippen molar-refractivity contribution in [3.8, 4) is 5.75 Å². The van der Waals surface area contributed by atoms with Crippen molar-refractivity contribution in [3.05, 3.63) is 29.3 Å². The second-order valence-electron chi connectivity index (χ2n) is 5.01. The van der Waals surface area contributed by atoms with E-state index in [2.05, 4.69) is 31.9 Å². The monoisotopic (exact) mass is 219 g/mol. The molecular formula is C14H21NO. The van der Waals surface area contributed by atoms with E-state index >= 15 is 0 Å². The third-order valence-electron chi connectivity index (χ3n) is 3.76. The minimum Gasteiger partial charge on any atom is -0.508 e. The summed E-state index contributed by atoms with van der Waals surface area (Å²) >= 11 is 0. The van der Waals surface area contributed by atoms with Gasteiger partial charge in [-0.1, -0.05) is 12.1 Å². The van der Waals surface area contributed by atoms with E-state index in [4.69, 9.17) is 0 Å². The minimum atomic E-state index is 0.468. The van der Waals surface area contributed by atoms with Gasteiger partial charge in [-0.25, -0.2) is 0 Å². The molecule has 0 bridgehead atoms. The molecule has 1 aromatic carbocycles. The smallest absolute Gasteiger partial charge is 0.119 e. The summed E-state index contributed by atoms with van der Waals surface area (Å²) in [6, 6.07) is 6.93. The van der Waals surface area contributed by atoms with Crippen LogP contribution in [0, 0.1) is 0 Å². The summed E-state index contributed by atoms with van der Waals surface area (Å²) in [7, 11) is 2.18. The predicted molar refractivity (Wildman–Crippen MR) is 66.7 cm³/mol. The maximum atomic E-state index is 9.88. The van der Waals surface area contributed by atoms with Crippen LogP contribution >= 0.6 is 0 Å². The van der Waals surface area contributed by atoms with Crippen molar-refractivity contribution in [2.75, 3.05) is 7.05 Å². The van der Waals surface area contributed by atoms with E-state index in [0.717, 1.165) is 12.0 Å². The molecule has 0 aromatic heterocycles. The van der Waals surface area contributed by atoms with E-state index in [9.17, 15) is 5.11 Å². The summed E-state index contributed by atoms with van der Waals surface area (Å²) in [5, 5.41) is 9.88. The van der Waals surface area contributed by atoms with E-state index < -0.39 is 0 Å². The Morgan fingerprint density at radius 1 is 1.38 bits per heavy atom. The largest absolute Gasteiger partial charge is 0.508 e. The van der Waals surface area contributed by atoms with Crippen LogP contribution in [0.5, 0.6) is 5.75 Å². The van der Waals surface area contributed by atoms with Crippen LogP contribution in [0.3, 0.4) is 0 Å². The van der Waals surface area contributed by atoms with Crippen LogP contribution < -0.4 is 0 Å². The van der Waals surface area contributed by atoms with E-state index in [1.54, 1.807) is 6.07 Å². The number of hydrogen-bond donors (Lipinski definition) is 1. The molecule has 0 spiro atoms. The van der Waals surface area contributed by atoms with Gasteiger partial charge in [-0.2, -0.15) is 0 Å². The van der Waals surface area contributed by atoms with Gasteiger partial charge < -0.3 is 5.11 Å². The third kappa shape index (κ3) is 1.94. The highest BCUT2D eigenvalue weighted by Crippen LogP contribution is 2.38. The minimum absolute atomic E-state index is 0.468. The standard InChI is InChI=1S/C14H21NO/c1-10(2)15(3)13-8-4-7-12-11(13)6-5-9-14(12)16/h5-6,9-10,13,16H,4,7-8H2,1-3H3. The van der Waals surface area contributed by atoms with Crippen LogP contribution in [-0.2, 0) is 6.42 Å². The quantitative estimate of drug-likeness (QED) is 0.826.